The molecular formula is C11H22N2O2. The second-order valence-electron chi connectivity index (χ2n) is 5.50. The fourth-order valence-corrected chi connectivity index (χ4v) is 2.64. The molecule has 1 aliphatic heterocycles. The van der Waals surface area contributed by atoms with Crippen LogP contribution in [0.4, 0.5) is 0 Å². The maximum absolute atomic E-state index is 9.19. The van der Waals surface area contributed by atoms with Crippen molar-refractivity contribution in [2.75, 3.05) is 19.7 Å². The predicted molar refractivity (Wildman–Crippen MR) is 58.6 cm³/mol. The zero-order valence-corrected chi connectivity index (χ0v) is 9.65. The first-order valence-electron chi connectivity index (χ1n) is 5.78. The lowest BCUT2D eigenvalue weighted by Gasteiger charge is -2.49. The van der Waals surface area contributed by atoms with Gasteiger partial charge in [-0.15, -0.1) is 0 Å². The Morgan fingerprint density at radius 3 is 2.67 bits per heavy atom. The van der Waals surface area contributed by atoms with E-state index in [2.05, 4.69) is 18.7 Å². The van der Waals surface area contributed by atoms with E-state index in [0.717, 1.165) is 25.9 Å². The molecule has 2 rings (SSSR count). The zero-order chi connectivity index (χ0) is 11.1. The molecule has 2 aliphatic rings. The van der Waals surface area contributed by atoms with Crippen LogP contribution in [0.1, 0.15) is 26.7 Å². The molecule has 0 bridgehead atoms. The zero-order valence-electron chi connectivity index (χ0n) is 9.65. The van der Waals surface area contributed by atoms with E-state index in [1.807, 2.05) is 0 Å². The van der Waals surface area contributed by atoms with Gasteiger partial charge in [0.25, 0.3) is 0 Å². The third-order valence-corrected chi connectivity index (χ3v) is 3.38. The van der Waals surface area contributed by atoms with Gasteiger partial charge in [-0.2, -0.15) is 0 Å². The summed E-state index contributed by atoms with van der Waals surface area (Å²) in [7, 11) is 0. The summed E-state index contributed by atoms with van der Waals surface area (Å²) in [5, 5.41) is 9.19. The Morgan fingerprint density at radius 2 is 2.13 bits per heavy atom. The van der Waals surface area contributed by atoms with E-state index in [9.17, 15) is 5.11 Å². The number of aliphatic hydroxyl groups excluding tert-OH is 1. The van der Waals surface area contributed by atoms with Crippen LogP contribution in [0.25, 0.3) is 0 Å². The molecule has 88 valence electrons. The molecule has 3 N–H and O–H groups in total. The van der Waals surface area contributed by atoms with Crippen molar-refractivity contribution in [3.63, 3.8) is 0 Å². The third-order valence-electron chi connectivity index (χ3n) is 3.38. The van der Waals surface area contributed by atoms with Gasteiger partial charge in [-0.3, -0.25) is 4.90 Å². The standard InChI is InChI=1S/C11H22N2O2/c1-11(2)7-13(5-10(6-14)15-11)9-3-8(12)4-9/h8-10,14H,3-7,12H2,1-2H3. The number of nitrogens with two attached hydrogens (primary N) is 1. The molecule has 0 radical (unpaired) electrons. The monoisotopic (exact) mass is 214 g/mol. The van der Waals surface area contributed by atoms with Crippen LogP contribution in [0, 0.1) is 0 Å². The number of rotatable bonds is 2. The Labute approximate surface area is 91.4 Å². The Balaban J connectivity index is 1.94. The summed E-state index contributed by atoms with van der Waals surface area (Å²) in [6.07, 6.45) is 2.15. The molecule has 1 aliphatic carbocycles. The third kappa shape index (κ3) is 2.50. The number of hydrogen-bond acceptors (Lipinski definition) is 4. The minimum absolute atomic E-state index is 0.0365. The lowest BCUT2D eigenvalue weighted by Crippen LogP contribution is -2.61. The van der Waals surface area contributed by atoms with Crippen molar-refractivity contribution in [3.05, 3.63) is 0 Å². The number of hydrogen-bond donors (Lipinski definition) is 2. The van der Waals surface area contributed by atoms with Crippen LogP contribution in [-0.4, -0.2) is 53.5 Å². The van der Waals surface area contributed by atoms with Crippen molar-refractivity contribution in [1.29, 1.82) is 0 Å². The van der Waals surface area contributed by atoms with Crippen molar-refractivity contribution < 1.29 is 9.84 Å². The highest BCUT2D eigenvalue weighted by atomic mass is 16.5. The molecule has 1 saturated heterocycles. The van der Waals surface area contributed by atoms with E-state index in [0.29, 0.717) is 12.1 Å². The Kier molecular flexibility index (Phi) is 3.03. The first-order chi connectivity index (χ1) is 7.00. The van der Waals surface area contributed by atoms with Crippen molar-refractivity contribution in [2.24, 2.45) is 5.73 Å². The van der Waals surface area contributed by atoms with Gasteiger partial charge in [-0.05, 0) is 26.7 Å². The molecule has 1 saturated carbocycles. The summed E-state index contributed by atoms with van der Waals surface area (Å²) in [5.74, 6) is 0. The van der Waals surface area contributed by atoms with Gasteiger partial charge in [0.15, 0.2) is 0 Å². The SMILES string of the molecule is CC1(C)CN(C2CC(N)C2)CC(CO)O1. The minimum Gasteiger partial charge on any atom is -0.394 e. The fraction of sp³-hybridized carbons (Fsp3) is 1.00. The van der Waals surface area contributed by atoms with E-state index in [1.54, 1.807) is 0 Å². The molecule has 4 heteroatoms. The maximum atomic E-state index is 9.19. The van der Waals surface area contributed by atoms with Crippen molar-refractivity contribution in [1.82, 2.24) is 4.90 Å². The largest absolute Gasteiger partial charge is 0.394 e. The van der Waals surface area contributed by atoms with Crippen LogP contribution in [0.3, 0.4) is 0 Å². The second-order valence-corrected chi connectivity index (χ2v) is 5.50. The summed E-state index contributed by atoms with van der Waals surface area (Å²) in [4.78, 5) is 2.42. The maximum Gasteiger partial charge on any atom is 0.0940 e. The Hall–Kier alpha value is -0.160. The number of ether oxygens (including phenoxy) is 1. The van der Waals surface area contributed by atoms with E-state index < -0.39 is 0 Å². The fourth-order valence-electron chi connectivity index (χ4n) is 2.64. The molecule has 4 nitrogen and oxygen atoms in total. The lowest BCUT2D eigenvalue weighted by atomic mass is 9.85. The quantitative estimate of drug-likeness (QED) is 0.676. The van der Waals surface area contributed by atoms with Crippen LogP contribution < -0.4 is 5.73 Å². The van der Waals surface area contributed by atoms with Crippen LogP contribution in [0.5, 0.6) is 0 Å². The second kappa shape index (κ2) is 4.01. The van der Waals surface area contributed by atoms with Crippen LogP contribution in [0.15, 0.2) is 0 Å². The van der Waals surface area contributed by atoms with Gasteiger partial charge in [0.1, 0.15) is 0 Å². The van der Waals surface area contributed by atoms with E-state index in [4.69, 9.17) is 10.5 Å². The first kappa shape index (κ1) is 11.3. The number of aliphatic hydroxyl groups is 1. The van der Waals surface area contributed by atoms with Gasteiger partial charge >= 0.3 is 0 Å². The average Bonchev–Trinajstić information content (AvgIpc) is 2.10. The van der Waals surface area contributed by atoms with Crippen LogP contribution in [0.2, 0.25) is 0 Å². The van der Waals surface area contributed by atoms with Crippen molar-refractivity contribution >= 4 is 0 Å². The topological polar surface area (TPSA) is 58.7 Å². The number of nitrogens with zero attached hydrogens (tertiary/aromatic N) is 1. The Bertz CT molecular complexity index is 227. The van der Waals surface area contributed by atoms with Crippen LogP contribution >= 0.6 is 0 Å². The molecule has 1 atom stereocenters. The van der Waals surface area contributed by atoms with E-state index in [-0.39, 0.29) is 18.3 Å². The molecule has 0 spiro atoms. The van der Waals surface area contributed by atoms with Gasteiger partial charge < -0.3 is 15.6 Å². The molecule has 0 aromatic heterocycles. The van der Waals surface area contributed by atoms with Crippen molar-refractivity contribution in [2.45, 2.75) is 50.5 Å². The molecule has 1 heterocycles. The molecule has 0 aromatic rings. The van der Waals surface area contributed by atoms with E-state index >= 15 is 0 Å². The van der Waals surface area contributed by atoms with Gasteiger partial charge in [-0.1, -0.05) is 0 Å². The highest BCUT2D eigenvalue weighted by molar-refractivity contribution is 4.95. The Morgan fingerprint density at radius 1 is 1.47 bits per heavy atom. The average molecular weight is 214 g/mol. The first-order valence-corrected chi connectivity index (χ1v) is 5.78. The summed E-state index contributed by atoms with van der Waals surface area (Å²) < 4.78 is 5.78. The summed E-state index contributed by atoms with van der Waals surface area (Å²) in [5.41, 5.74) is 5.66. The summed E-state index contributed by atoms with van der Waals surface area (Å²) in [6, 6.07) is 0.991. The lowest BCUT2D eigenvalue weighted by molar-refractivity contribution is -0.163. The molecule has 0 aromatic carbocycles. The van der Waals surface area contributed by atoms with Gasteiger partial charge in [0.05, 0.1) is 18.3 Å². The van der Waals surface area contributed by atoms with E-state index in [1.165, 1.54) is 0 Å². The predicted octanol–water partition coefficient (Wildman–Crippen LogP) is -0.0522. The molecule has 0 amide bonds. The highest BCUT2D eigenvalue weighted by Gasteiger charge is 2.39. The van der Waals surface area contributed by atoms with Gasteiger partial charge in [0, 0.05) is 25.2 Å². The molecule has 2 fully saturated rings. The smallest absolute Gasteiger partial charge is 0.0940 e. The molecule has 15 heavy (non-hydrogen) atoms. The summed E-state index contributed by atoms with van der Waals surface area (Å²) in [6.45, 7) is 6.07. The number of morpholine rings is 1. The van der Waals surface area contributed by atoms with Gasteiger partial charge in [0.2, 0.25) is 0 Å². The van der Waals surface area contributed by atoms with Crippen molar-refractivity contribution in [3.8, 4) is 0 Å². The van der Waals surface area contributed by atoms with Gasteiger partial charge in [-0.25, -0.2) is 0 Å². The molecule has 1 unspecified atom stereocenters. The molecular weight excluding hydrogens is 192 g/mol. The minimum atomic E-state index is -0.147. The normalized spacial score (nSPS) is 41.2. The highest BCUT2D eigenvalue weighted by Crippen LogP contribution is 2.30. The van der Waals surface area contributed by atoms with Crippen LogP contribution in [-0.2, 0) is 4.74 Å². The summed E-state index contributed by atoms with van der Waals surface area (Å²) >= 11 is 0.